The smallest absolute Gasteiger partial charge is 0.328 e. The van der Waals surface area contributed by atoms with Crippen molar-refractivity contribution in [3.63, 3.8) is 0 Å². The van der Waals surface area contributed by atoms with Gasteiger partial charge in [0.2, 0.25) is 0 Å². The Morgan fingerprint density at radius 2 is 2.11 bits per heavy atom. The van der Waals surface area contributed by atoms with Crippen molar-refractivity contribution in [3.05, 3.63) is 52.7 Å². The van der Waals surface area contributed by atoms with Crippen LogP contribution in [0.2, 0.25) is 0 Å². The van der Waals surface area contributed by atoms with E-state index < -0.39 is 17.4 Å². The second kappa shape index (κ2) is 8.90. The number of nitrogens with zero attached hydrogens (tertiary/aromatic N) is 2. The summed E-state index contributed by atoms with van der Waals surface area (Å²) in [7, 11) is 1.42. The van der Waals surface area contributed by atoms with Gasteiger partial charge in [0, 0.05) is 48.1 Å². The highest BCUT2D eigenvalue weighted by Gasteiger charge is 2.60. The molecular formula is C28H33FN4O4. The van der Waals surface area contributed by atoms with Gasteiger partial charge in [0.25, 0.3) is 5.91 Å². The van der Waals surface area contributed by atoms with Crippen molar-refractivity contribution < 1.29 is 23.8 Å². The molecule has 3 heterocycles. The van der Waals surface area contributed by atoms with E-state index in [9.17, 15) is 19.1 Å². The zero-order chi connectivity index (χ0) is 25.9. The van der Waals surface area contributed by atoms with Crippen LogP contribution in [0, 0.1) is 5.82 Å². The number of carbonyl (C=O) groups is 2. The number of nitrogens with one attached hydrogen (secondary N) is 2. The first kappa shape index (κ1) is 24.0. The number of ether oxygens (including phenoxy) is 1. The Morgan fingerprint density at radius 1 is 1.30 bits per heavy atom. The van der Waals surface area contributed by atoms with E-state index in [1.54, 1.807) is 17.0 Å². The molecule has 0 bridgehead atoms. The van der Waals surface area contributed by atoms with Gasteiger partial charge in [0.05, 0.1) is 12.9 Å². The average molecular weight is 509 g/mol. The number of H-pyrrole nitrogens is 1. The number of imide groups is 1. The van der Waals surface area contributed by atoms with Crippen LogP contribution in [0.25, 0.3) is 10.9 Å². The number of aromatic nitrogens is 1. The molecule has 1 saturated heterocycles. The Kier molecular flexibility index (Phi) is 5.78. The fraction of sp³-hybridized carbons (Fsp3) is 0.500. The van der Waals surface area contributed by atoms with Gasteiger partial charge < -0.3 is 20.1 Å². The van der Waals surface area contributed by atoms with Crippen molar-refractivity contribution in [2.75, 3.05) is 20.2 Å². The molecule has 2 atom stereocenters. The highest BCUT2D eigenvalue weighted by atomic mass is 19.1. The van der Waals surface area contributed by atoms with Crippen LogP contribution in [0.5, 0.6) is 5.75 Å². The normalized spacial score (nSPS) is 25.6. The number of fused-ring (bicyclic) bond motifs is 4. The van der Waals surface area contributed by atoms with Crippen LogP contribution in [0.1, 0.15) is 62.7 Å². The molecule has 196 valence electrons. The van der Waals surface area contributed by atoms with Gasteiger partial charge in [-0.1, -0.05) is 12.5 Å². The van der Waals surface area contributed by atoms with Gasteiger partial charge in [-0.3, -0.25) is 14.6 Å². The number of carbonyl (C=O) groups excluding carboxylic acids is 2. The molecule has 0 radical (unpaired) electrons. The number of hydrogen-bond acceptors (Lipinski definition) is 5. The Labute approximate surface area is 215 Å². The van der Waals surface area contributed by atoms with Crippen LogP contribution in [0.15, 0.2) is 35.6 Å². The number of allylic oxidation sites excluding steroid dienone is 2. The van der Waals surface area contributed by atoms with Crippen molar-refractivity contribution in [1.82, 2.24) is 20.1 Å². The van der Waals surface area contributed by atoms with Crippen LogP contribution >= 0.6 is 0 Å². The Balaban J connectivity index is 1.40. The number of hydrogen-bond donors (Lipinski definition) is 3. The lowest BCUT2D eigenvalue weighted by Gasteiger charge is -2.43. The van der Waals surface area contributed by atoms with Crippen LogP contribution < -0.4 is 10.1 Å². The standard InChI is InChI=1S/C28H33FN4O4/c1-28-15-20-19-13-23(37-2)21(29)14-22(19)31-24(20)25(16-6-3-9-18(34)12-16)33(28)27(36)32(26(28)35)11-5-10-30-17-7-4-8-17/h6,12-14,17,25,30-31,34H,3-5,7-11,15H2,1-2H3/t25-,28+/m1/s1. The zero-order valence-corrected chi connectivity index (χ0v) is 21.3. The number of aromatic amines is 1. The fourth-order valence-electron chi connectivity index (χ4n) is 6.27. The molecule has 6 rings (SSSR count). The largest absolute Gasteiger partial charge is 0.512 e. The van der Waals surface area contributed by atoms with Crippen molar-refractivity contribution in [2.24, 2.45) is 0 Å². The van der Waals surface area contributed by atoms with Crippen LogP contribution in [-0.2, 0) is 11.2 Å². The second-order valence-electron chi connectivity index (χ2n) is 10.8. The number of benzene rings is 1. The summed E-state index contributed by atoms with van der Waals surface area (Å²) < 4.78 is 19.8. The van der Waals surface area contributed by atoms with E-state index >= 15 is 0 Å². The predicted octanol–water partition coefficient (Wildman–Crippen LogP) is 4.63. The summed E-state index contributed by atoms with van der Waals surface area (Å²) in [6, 6.07) is 2.67. The van der Waals surface area contributed by atoms with Gasteiger partial charge in [-0.15, -0.1) is 0 Å². The third-order valence-electron chi connectivity index (χ3n) is 8.46. The SMILES string of the molecule is COc1cc2c3c([nH]c2cc1F)[C@@H](C1=CCCC(O)=C1)N1C(=O)N(CCCNC2CCC2)C(=O)[C@]1(C)C3. The summed E-state index contributed by atoms with van der Waals surface area (Å²) >= 11 is 0. The Morgan fingerprint density at radius 3 is 2.81 bits per heavy atom. The lowest BCUT2D eigenvalue weighted by atomic mass is 9.80. The minimum Gasteiger partial charge on any atom is -0.512 e. The maximum absolute atomic E-state index is 14.6. The first-order valence-electron chi connectivity index (χ1n) is 13.2. The summed E-state index contributed by atoms with van der Waals surface area (Å²) in [5.74, 6) is -0.334. The van der Waals surface area contributed by atoms with Crippen molar-refractivity contribution >= 4 is 22.8 Å². The van der Waals surface area contributed by atoms with E-state index in [1.807, 2.05) is 13.0 Å². The van der Waals surface area contributed by atoms with E-state index in [2.05, 4.69) is 10.3 Å². The van der Waals surface area contributed by atoms with Crippen molar-refractivity contribution in [2.45, 2.75) is 69.5 Å². The van der Waals surface area contributed by atoms with Crippen LogP contribution in [-0.4, -0.2) is 63.6 Å². The maximum atomic E-state index is 14.6. The summed E-state index contributed by atoms with van der Waals surface area (Å²) in [5, 5.41) is 14.6. The van der Waals surface area contributed by atoms with Gasteiger partial charge in [0.1, 0.15) is 11.6 Å². The minimum absolute atomic E-state index is 0.127. The molecule has 1 aromatic carbocycles. The average Bonchev–Trinajstić information content (AvgIpc) is 3.27. The molecule has 8 nitrogen and oxygen atoms in total. The number of halogens is 1. The highest BCUT2D eigenvalue weighted by Crippen LogP contribution is 2.50. The number of rotatable bonds is 7. The molecule has 0 spiro atoms. The maximum Gasteiger partial charge on any atom is 0.328 e. The number of aliphatic hydroxyl groups is 1. The summed E-state index contributed by atoms with van der Waals surface area (Å²) in [4.78, 5) is 34.1. The predicted molar refractivity (Wildman–Crippen MR) is 137 cm³/mol. The molecule has 0 unspecified atom stereocenters. The molecule has 1 saturated carbocycles. The lowest BCUT2D eigenvalue weighted by Crippen LogP contribution is -2.53. The second-order valence-corrected chi connectivity index (χ2v) is 10.8. The molecule has 2 aliphatic heterocycles. The number of amides is 3. The number of aliphatic hydroxyl groups excluding tert-OH is 1. The molecule has 4 aliphatic rings. The summed E-state index contributed by atoms with van der Waals surface area (Å²) in [6.45, 7) is 2.94. The van der Waals surface area contributed by atoms with E-state index in [1.165, 1.54) is 37.3 Å². The van der Waals surface area contributed by atoms with E-state index in [0.717, 1.165) is 28.8 Å². The van der Waals surface area contributed by atoms with Gasteiger partial charge in [-0.05, 0) is 62.4 Å². The van der Waals surface area contributed by atoms with Crippen LogP contribution in [0.4, 0.5) is 9.18 Å². The molecule has 3 amide bonds. The third-order valence-corrected chi connectivity index (χ3v) is 8.46. The van der Waals surface area contributed by atoms with E-state index in [4.69, 9.17) is 4.74 Å². The topological polar surface area (TPSA) is 97.9 Å². The molecule has 1 aromatic heterocycles. The molecular weight excluding hydrogens is 475 g/mol. The Bertz CT molecular complexity index is 1340. The zero-order valence-electron chi connectivity index (χ0n) is 21.3. The van der Waals surface area contributed by atoms with Gasteiger partial charge in [0.15, 0.2) is 11.6 Å². The molecule has 2 fully saturated rings. The highest BCUT2D eigenvalue weighted by molar-refractivity contribution is 6.08. The van der Waals surface area contributed by atoms with Crippen molar-refractivity contribution in [3.8, 4) is 5.75 Å². The summed E-state index contributed by atoms with van der Waals surface area (Å²) in [5.41, 5.74) is 1.85. The first-order valence-corrected chi connectivity index (χ1v) is 13.2. The van der Waals surface area contributed by atoms with Gasteiger partial charge >= 0.3 is 6.03 Å². The van der Waals surface area contributed by atoms with Gasteiger partial charge in [-0.2, -0.15) is 0 Å². The molecule has 2 aliphatic carbocycles. The quantitative estimate of drug-likeness (QED) is 0.374. The van der Waals surface area contributed by atoms with Gasteiger partial charge in [-0.25, -0.2) is 9.18 Å². The van der Waals surface area contributed by atoms with E-state index in [0.29, 0.717) is 43.8 Å². The Hall–Kier alpha value is -3.33. The van der Waals surface area contributed by atoms with E-state index in [-0.39, 0.29) is 23.4 Å². The fourth-order valence-corrected chi connectivity index (χ4v) is 6.27. The number of urea groups is 1. The molecule has 9 heteroatoms. The third kappa shape index (κ3) is 3.74. The minimum atomic E-state index is -1.10. The molecule has 2 aromatic rings. The lowest BCUT2D eigenvalue weighted by molar-refractivity contribution is -0.133. The number of methoxy groups -OCH3 is 1. The van der Waals surface area contributed by atoms with Crippen LogP contribution in [0.3, 0.4) is 0 Å². The summed E-state index contributed by atoms with van der Waals surface area (Å²) in [6.07, 6.45) is 9.49. The monoisotopic (exact) mass is 508 g/mol. The van der Waals surface area contributed by atoms with Crippen molar-refractivity contribution in [1.29, 1.82) is 0 Å². The molecule has 37 heavy (non-hydrogen) atoms. The first-order chi connectivity index (χ1) is 17.8. The molecule has 3 N–H and O–H groups in total.